The van der Waals surface area contributed by atoms with Gasteiger partial charge in [0.1, 0.15) is 0 Å². The lowest BCUT2D eigenvalue weighted by Crippen LogP contribution is -2.30. The van der Waals surface area contributed by atoms with E-state index in [-0.39, 0.29) is 21.3 Å². The Morgan fingerprint density at radius 3 is 2.23 bits per heavy atom. The molecule has 22 heavy (non-hydrogen) atoms. The van der Waals surface area contributed by atoms with Gasteiger partial charge in [0.05, 0.1) is 21.3 Å². The SMILES string of the molecule is O=C1C=C(c2ccc(Cl)cc2)C(=O)N1c1cccc(Cl)c1Cl. The third-order valence-corrected chi connectivity index (χ3v) is 4.31. The van der Waals surface area contributed by atoms with Crippen molar-refractivity contribution < 1.29 is 9.59 Å². The van der Waals surface area contributed by atoms with Crippen LogP contribution in [0.2, 0.25) is 15.1 Å². The maximum absolute atomic E-state index is 12.6. The van der Waals surface area contributed by atoms with E-state index in [1.54, 1.807) is 42.5 Å². The van der Waals surface area contributed by atoms with Crippen molar-refractivity contribution in [3.63, 3.8) is 0 Å². The lowest BCUT2D eigenvalue weighted by molar-refractivity contribution is -0.119. The van der Waals surface area contributed by atoms with Crippen molar-refractivity contribution in [1.29, 1.82) is 0 Å². The molecule has 0 N–H and O–H groups in total. The van der Waals surface area contributed by atoms with Gasteiger partial charge in [-0.3, -0.25) is 9.59 Å². The molecule has 3 nitrogen and oxygen atoms in total. The Kier molecular flexibility index (Phi) is 3.96. The van der Waals surface area contributed by atoms with Crippen LogP contribution in [0.5, 0.6) is 0 Å². The van der Waals surface area contributed by atoms with Crippen molar-refractivity contribution in [1.82, 2.24) is 0 Å². The molecule has 1 aliphatic heterocycles. The second-order valence-corrected chi connectivity index (χ2v) is 5.84. The Labute approximate surface area is 141 Å². The number of hydrogen-bond acceptors (Lipinski definition) is 2. The Balaban J connectivity index is 2.02. The van der Waals surface area contributed by atoms with Gasteiger partial charge in [0.15, 0.2) is 0 Å². The fourth-order valence-corrected chi connectivity index (χ4v) is 2.71. The third kappa shape index (κ3) is 2.52. The molecule has 1 heterocycles. The molecule has 0 bridgehead atoms. The molecule has 3 rings (SSSR count). The molecule has 1 aliphatic rings. The number of anilines is 1. The van der Waals surface area contributed by atoms with Gasteiger partial charge in [-0.1, -0.05) is 53.0 Å². The van der Waals surface area contributed by atoms with Gasteiger partial charge in [0, 0.05) is 11.1 Å². The predicted octanol–water partition coefficient (Wildman–Crippen LogP) is 4.60. The summed E-state index contributed by atoms with van der Waals surface area (Å²) in [5.41, 5.74) is 1.17. The van der Waals surface area contributed by atoms with Crippen LogP contribution in [0.3, 0.4) is 0 Å². The van der Waals surface area contributed by atoms with Gasteiger partial charge >= 0.3 is 0 Å². The molecular formula is C16H8Cl3NO2. The summed E-state index contributed by atoms with van der Waals surface area (Å²) in [6, 6.07) is 11.5. The second kappa shape index (κ2) is 5.76. The number of benzene rings is 2. The van der Waals surface area contributed by atoms with Gasteiger partial charge in [-0.25, -0.2) is 4.90 Å². The number of rotatable bonds is 2. The highest BCUT2D eigenvalue weighted by atomic mass is 35.5. The van der Waals surface area contributed by atoms with E-state index in [1.165, 1.54) is 6.08 Å². The minimum absolute atomic E-state index is 0.164. The zero-order valence-electron chi connectivity index (χ0n) is 11.0. The van der Waals surface area contributed by atoms with Gasteiger partial charge in [0.25, 0.3) is 11.8 Å². The summed E-state index contributed by atoms with van der Waals surface area (Å²) in [6.07, 6.45) is 1.28. The van der Waals surface area contributed by atoms with Crippen molar-refractivity contribution in [3.05, 3.63) is 69.2 Å². The molecule has 0 saturated heterocycles. The van der Waals surface area contributed by atoms with Crippen LogP contribution in [0.25, 0.3) is 5.57 Å². The van der Waals surface area contributed by atoms with Gasteiger partial charge < -0.3 is 0 Å². The van der Waals surface area contributed by atoms with Crippen LogP contribution >= 0.6 is 34.8 Å². The van der Waals surface area contributed by atoms with E-state index in [0.29, 0.717) is 10.6 Å². The summed E-state index contributed by atoms with van der Waals surface area (Å²) < 4.78 is 0. The summed E-state index contributed by atoms with van der Waals surface area (Å²) in [5.74, 6) is -0.907. The zero-order chi connectivity index (χ0) is 15.9. The van der Waals surface area contributed by atoms with E-state index in [1.807, 2.05) is 0 Å². The summed E-state index contributed by atoms with van der Waals surface area (Å²) in [6.45, 7) is 0. The summed E-state index contributed by atoms with van der Waals surface area (Å²) >= 11 is 17.9. The number of carbonyl (C=O) groups excluding carboxylic acids is 2. The molecule has 0 aromatic heterocycles. The maximum Gasteiger partial charge on any atom is 0.266 e. The molecule has 0 aliphatic carbocycles. The quantitative estimate of drug-likeness (QED) is 0.741. The number of hydrogen-bond donors (Lipinski definition) is 0. The lowest BCUT2D eigenvalue weighted by Gasteiger charge is -2.17. The Morgan fingerprint density at radius 1 is 0.864 bits per heavy atom. The molecule has 6 heteroatoms. The van der Waals surface area contributed by atoms with Crippen LogP contribution in [0, 0.1) is 0 Å². The zero-order valence-corrected chi connectivity index (χ0v) is 13.3. The van der Waals surface area contributed by atoms with Crippen LogP contribution in [-0.4, -0.2) is 11.8 Å². The molecule has 110 valence electrons. The van der Waals surface area contributed by atoms with Crippen LogP contribution < -0.4 is 4.90 Å². The van der Waals surface area contributed by atoms with Gasteiger partial charge in [-0.15, -0.1) is 0 Å². The highest BCUT2D eigenvalue weighted by molar-refractivity contribution is 6.48. The molecule has 0 atom stereocenters. The Bertz CT molecular complexity index is 813. The Morgan fingerprint density at radius 2 is 1.55 bits per heavy atom. The molecule has 0 fully saturated rings. The van der Waals surface area contributed by atoms with Crippen molar-refractivity contribution >= 4 is 57.9 Å². The standard InChI is InChI=1S/C16H8Cl3NO2/c17-10-6-4-9(5-7-10)11-8-14(21)20(16(11)22)13-3-1-2-12(18)15(13)19/h1-8H. The first-order valence-corrected chi connectivity index (χ1v) is 7.42. The fraction of sp³-hybridized carbons (Fsp3) is 0. The fourth-order valence-electron chi connectivity index (χ4n) is 2.20. The molecule has 0 radical (unpaired) electrons. The molecule has 0 spiro atoms. The highest BCUT2D eigenvalue weighted by Crippen LogP contribution is 2.36. The van der Waals surface area contributed by atoms with Crippen molar-refractivity contribution in [3.8, 4) is 0 Å². The second-order valence-electron chi connectivity index (χ2n) is 4.62. The summed E-state index contributed by atoms with van der Waals surface area (Å²) in [5, 5.41) is 0.993. The van der Waals surface area contributed by atoms with Crippen LogP contribution in [0.1, 0.15) is 5.56 Å². The lowest BCUT2D eigenvalue weighted by atomic mass is 10.1. The largest absolute Gasteiger partial charge is 0.269 e. The molecule has 2 aromatic rings. The van der Waals surface area contributed by atoms with Gasteiger partial charge in [-0.2, -0.15) is 0 Å². The maximum atomic E-state index is 12.6. The van der Waals surface area contributed by atoms with Crippen molar-refractivity contribution in [2.45, 2.75) is 0 Å². The monoisotopic (exact) mass is 351 g/mol. The molecule has 2 amide bonds. The minimum Gasteiger partial charge on any atom is -0.269 e. The van der Waals surface area contributed by atoms with Crippen molar-refractivity contribution in [2.75, 3.05) is 4.90 Å². The van der Waals surface area contributed by atoms with E-state index in [9.17, 15) is 9.59 Å². The van der Waals surface area contributed by atoms with Crippen LogP contribution in [-0.2, 0) is 9.59 Å². The topological polar surface area (TPSA) is 37.4 Å². The van der Waals surface area contributed by atoms with E-state index < -0.39 is 11.8 Å². The van der Waals surface area contributed by atoms with E-state index in [0.717, 1.165) is 4.90 Å². The average molecular weight is 353 g/mol. The number of amides is 2. The minimum atomic E-state index is -0.459. The van der Waals surface area contributed by atoms with Gasteiger partial charge in [0.2, 0.25) is 0 Å². The number of nitrogens with zero attached hydrogens (tertiary/aromatic N) is 1. The molecule has 0 saturated carbocycles. The van der Waals surface area contributed by atoms with E-state index in [2.05, 4.69) is 0 Å². The van der Waals surface area contributed by atoms with Gasteiger partial charge in [-0.05, 0) is 29.8 Å². The smallest absolute Gasteiger partial charge is 0.266 e. The number of imide groups is 1. The van der Waals surface area contributed by atoms with E-state index in [4.69, 9.17) is 34.8 Å². The van der Waals surface area contributed by atoms with E-state index >= 15 is 0 Å². The normalized spacial score (nSPS) is 14.5. The first-order valence-electron chi connectivity index (χ1n) is 6.29. The summed E-state index contributed by atoms with van der Waals surface area (Å²) in [4.78, 5) is 25.8. The highest BCUT2D eigenvalue weighted by Gasteiger charge is 2.34. The molecule has 2 aromatic carbocycles. The summed E-state index contributed by atoms with van der Waals surface area (Å²) in [7, 11) is 0. The molecular weight excluding hydrogens is 345 g/mol. The third-order valence-electron chi connectivity index (χ3n) is 3.25. The number of carbonyl (C=O) groups is 2. The first-order chi connectivity index (χ1) is 10.5. The number of halogens is 3. The molecule has 0 unspecified atom stereocenters. The van der Waals surface area contributed by atoms with Crippen molar-refractivity contribution in [2.24, 2.45) is 0 Å². The first kappa shape index (κ1) is 15.1. The van der Waals surface area contributed by atoms with Crippen LogP contribution in [0.15, 0.2) is 48.5 Å². The Hall–Kier alpha value is -1.81. The van der Waals surface area contributed by atoms with Crippen LogP contribution in [0.4, 0.5) is 5.69 Å². The average Bonchev–Trinajstić information content (AvgIpc) is 2.78. The predicted molar refractivity (Wildman–Crippen MR) is 88.4 cm³/mol.